The summed E-state index contributed by atoms with van der Waals surface area (Å²) in [6, 6.07) is 9.31. The van der Waals surface area contributed by atoms with Crippen LogP contribution in [0, 0.1) is 10.1 Å². The normalized spacial score (nSPS) is 11.0. The van der Waals surface area contributed by atoms with E-state index < -0.39 is 10.8 Å². The number of non-ortho nitro benzene ring substituents is 1. The van der Waals surface area contributed by atoms with Gasteiger partial charge in [0, 0.05) is 33.8 Å². The van der Waals surface area contributed by atoms with Gasteiger partial charge in [-0.1, -0.05) is 11.6 Å². The van der Waals surface area contributed by atoms with Crippen LogP contribution in [0.25, 0.3) is 10.1 Å². The number of nitrogens with one attached hydrogen (secondary N) is 1. The highest BCUT2D eigenvalue weighted by Gasteiger charge is 2.13. The van der Waals surface area contributed by atoms with Gasteiger partial charge in [-0.15, -0.1) is 11.3 Å². The molecule has 0 fully saturated rings. The summed E-state index contributed by atoms with van der Waals surface area (Å²) in [5.41, 5.74) is 2.94. The molecule has 2 aromatic carbocycles. The molecule has 150 valence electrons. The van der Waals surface area contributed by atoms with Gasteiger partial charge in [-0.2, -0.15) is 5.10 Å². The predicted molar refractivity (Wildman–Crippen MR) is 113 cm³/mol. The van der Waals surface area contributed by atoms with Crippen molar-refractivity contribution in [3.8, 4) is 11.5 Å². The molecule has 0 atom stereocenters. The van der Waals surface area contributed by atoms with E-state index in [0.29, 0.717) is 39.0 Å². The summed E-state index contributed by atoms with van der Waals surface area (Å²) in [7, 11) is 1.51. The number of nitro groups is 1. The third kappa shape index (κ3) is 4.64. The Kier molecular flexibility index (Phi) is 6.30. The first-order valence-electron chi connectivity index (χ1n) is 8.44. The number of carbonyl (C=O) groups is 1. The van der Waals surface area contributed by atoms with E-state index in [1.54, 1.807) is 24.3 Å². The Morgan fingerprint density at radius 1 is 1.31 bits per heavy atom. The lowest BCUT2D eigenvalue weighted by Crippen LogP contribution is -2.16. The van der Waals surface area contributed by atoms with E-state index in [1.807, 2.05) is 6.92 Å². The van der Waals surface area contributed by atoms with Crippen LogP contribution >= 0.6 is 22.9 Å². The monoisotopic (exact) mass is 433 g/mol. The van der Waals surface area contributed by atoms with Crippen molar-refractivity contribution < 1.29 is 19.2 Å². The van der Waals surface area contributed by atoms with Crippen LogP contribution in [0.2, 0.25) is 5.02 Å². The number of ether oxygens (including phenoxy) is 2. The molecule has 0 unspecified atom stereocenters. The van der Waals surface area contributed by atoms with E-state index >= 15 is 0 Å². The lowest BCUT2D eigenvalue weighted by molar-refractivity contribution is -0.384. The molecule has 0 aliphatic heterocycles. The van der Waals surface area contributed by atoms with Crippen LogP contribution in [0.4, 0.5) is 5.69 Å². The number of amides is 1. The van der Waals surface area contributed by atoms with E-state index in [-0.39, 0.29) is 5.69 Å². The first-order valence-corrected chi connectivity index (χ1v) is 9.64. The van der Waals surface area contributed by atoms with Gasteiger partial charge < -0.3 is 9.47 Å². The molecule has 8 nitrogen and oxygen atoms in total. The van der Waals surface area contributed by atoms with E-state index in [1.165, 1.54) is 36.8 Å². The number of hydrazone groups is 1. The fourth-order valence-electron chi connectivity index (χ4n) is 2.55. The number of methoxy groups -OCH3 is 1. The van der Waals surface area contributed by atoms with Crippen LogP contribution in [-0.2, 0) is 0 Å². The Morgan fingerprint density at radius 2 is 2.10 bits per heavy atom. The van der Waals surface area contributed by atoms with Crippen molar-refractivity contribution in [1.29, 1.82) is 0 Å². The van der Waals surface area contributed by atoms with E-state index in [0.717, 1.165) is 4.70 Å². The van der Waals surface area contributed by atoms with Crippen LogP contribution in [0.15, 0.2) is 41.5 Å². The number of fused-ring (bicyclic) bond motifs is 1. The van der Waals surface area contributed by atoms with Crippen molar-refractivity contribution in [2.24, 2.45) is 5.10 Å². The van der Waals surface area contributed by atoms with Crippen LogP contribution in [0.3, 0.4) is 0 Å². The second kappa shape index (κ2) is 8.89. The second-order valence-electron chi connectivity index (χ2n) is 5.75. The van der Waals surface area contributed by atoms with E-state index in [4.69, 9.17) is 21.1 Å². The van der Waals surface area contributed by atoms with Crippen molar-refractivity contribution in [1.82, 2.24) is 5.43 Å². The molecule has 29 heavy (non-hydrogen) atoms. The molecule has 0 saturated heterocycles. The summed E-state index contributed by atoms with van der Waals surface area (Å²) in [4.78, 5) is 23.1. The second-order valence-corrected chi connectivity index (χ2v) is 7.24. The zero-order chi connectivity index (χ0) is 21.0. The third-order valence-electron chi connectivity index (χ3n) is 3.89. The number of carbonyl (C=O) groups excluding carboxylic acids is 1. The molecule has 0 saturated carbocycles. The van der Waals surface area contributed by atoms with Gasteiger partial charge in [-0.05, 0) is 25.1 Å². The van der Waals surface area contributed by atoms with Gasteiger partial charge in [-0.25, -0.2) is 5.43 Å². The highest BCUT2D eigenvalue weighted by atomic mass is 35.5. The van der Waals surface area contributed by atoms with Crippen LogP contribution in [-0.4, -0.2) is 30.8 Å². The molecule has 0 radical (unpaired) electrons. The van der Waals surface area contributed by atoms with Gasteiger partial charge in [0.25, 0.3) is 11.6 Å². The predicted octanol–water partition coefficient (Wildman–Crippen LogP) is 4.63. The Balaban J connectivity index is 1.75. The molecule has 1 heterocycles. The average Bonchev–Trinajstić information content (AvgIpc) is 3.13. The molecule has 1 amide bonds. The van der Waals surface area contributed by atoms with Gasteiger partial charge in [0.05, 0.1) is 34.8 Å². The molecule has 3 aromatic rings. The summed E-state index contributed by atoms with van der Waals surface area (Å²) in [6.07, 6.45) is 1.40. The molecule has 0 bridgehead atoms. The van der Waals surface area contributed by atoms with Gasteiger partial charge in [0.2, 0.25) is 0 Å². The van der Waals surface area contributed by atoms with E-state index in [2.05, 4.69) is 10.5 Å². The number of benzene rings is 2. The zero-order valence-corrected chi connectivity index (χ0v) is 17.0. The molecule has 0 aliphatic carbocycles. The SMILES string of the molecule is CCOc1cc(Cl)c(/C=N\NC(=O)c2cc3cc([N+](=O)[O-])ccc3s2)cc1OC. The number of thiophene rings is 1. The smallest absolute Gasteiger partial charge is 0.281 e. The van der Waals surface area contributed by atoms with Crippen molar-refractivity contribution in [2.75, 3.05) is 13.7 Å². The van der Waals surface area contributed by atoms with Crippen molar-refractivity contribution in [3.05, 3.63) is 62.0 Å². The molecule has 3 rings (SSSR count). The van der Waals surface area contributed by atoms with Gasteiger partial charge in [-0.3, -0.25) is 14.9 Å². The number of hydrogen-bond acceptors (Lipinski definition) is 7. The summed E-state index contributed by atoms with van der Waals surface area (Å²) >= 11 is 7.45. The maximum atomic E-state index is 12.3. The number of nitrogens with zero attached hydrogens (tertiary/aromatic N) is 2. The maximum absolute atomic E-state index is 12.3. The van der Waals surface area contributed by atoms with Gasteiger partial charge in [0.15, 0.2) is 11.5 Å². The van der Waals surface area contributed by atoms with Crippen molar-refractivity contribution in [2.45, 2.75) is 6.92 Å². The van der Waals surface area contributed by atoms with Crippen molar-refractivity contribution >= 4 is 50.8 Å². The summed E-state index contributed by atoms with van der Waals surface area (Å²) in [5, 5.41) is 15.8. The van der Waals surface area contributed by atoms with E-state index in [9.17, 15) is 14.9 Å². The maximum Gasteiger partial charge on any atom is 0.281 e. The molecular weight excluding hydrogens is 418 g/mol. The minimum atomic E-state index is -0.476. The number of nitro benzene ring substituents is 1. The number of rotatable bonds is 7. The number of halogens is 1. The van der Waals surface area contributed by atoms with Crippen molar-refractivity contribution in [3.63, 3.8) is 0 Å². The minimum absolute atomic E-state index is 0.0284. The first kappa shape index (κ1) is 20.6. The highest BCUT2D eigenvalue weighted by molar-refractivity contribution is 7.20. The Labute approximate surface area is 174 Å². The summed E-state index contributed by atoms with van der Waals surface area (Å²) in [5.74, 6) is 0.579. The molecule has 0 spiro atoms. The lowest BCUT2D eigenvalue weighted by Gasteiger charge is -2.11. The topological polar surface area (TPSA) is 103 Å². The largest absolute Gasteiger partial charge is 0.493 e. The van der Waals surface area contributed by atoms with Crippen LogP contribution in [0.1, 0.15) is 22.2 Å². The third-order valence-corrected chi connectivity index (χ3v) is 5.33. The quantitative estimate of drug-likeness (QED) is 0.332. The molecular formula is C19H16ClN3O5S. The zero-order valence-electron chi connectivity index (χ0n) is 15.5. The highest BCUT2D eigenvalue weighted by Crippen LogP contribution is 2.33. The minimum Gasteiger partial charge on any atom is -0.493 e. The Morgan fingerprint density at radius 3 is 2.79 bits per heavy atom. The fraction of sp³-hybridized carbons (Fsp3) is 0.158. The first-order chi connectivity index (χ1) is 13.9. The average molecular weight is 434 g/mol. The Hall–Kier alpha value is -3.17. The van der Waals surface area contributed by atoms with Gasteiger partial charge in [0.1, 0.15) is 0 Å². The fourth-order valence-corrected chi connectivity index (χ4v) is 3.68. The standard InChI is InChI=1S/C19H16ClN3O5S/c1-3-28-16-9-14(20)12(7-15(16)27-2)10-21-22-19(24)18-8-11-6-13(23(25)26)4-5-17(11)29-18/h4-10H,3H2,1-2H3,(H,22,24)/b21-10-. The van der Waals surface area contributed by atoms with Crippen LogP contribution in [0.5, 0.6) is 11.5 Å². The molecule has 1 N–H and O–H groups in total. The van der Waals surface area contributed by atoms with Crippen LogP contribution < -0.4 is 14.9 Å². The number of hydrogen-bond donors (Lipinski definition) is 1. The molecule has 10 heteroatoms. The molecule has 1 aromatic heterocycles. The lowest BCUT2D eigenvalue weighted by atomic mass is 10.2. The van der Waals surface area contributed by atoms with Gasteiger partial charge >= 0.3 is 0 Å². The summed E-state index contributed by atoms with van der Waals surface area (Å²) < 4.78 is 11.5. The Bertz CT molecular complexity index is 1110. The summed E-state index contributed by atoms with van der Waals surface area (Å²) in [6.45, 7) is 2.32. The molecule has 0 aliphatic rings.